The highest BCUT2D eigenvalue weighted by Crippen LogP contribution is 2.39. The number of carbonyl (C=O) groups excluding carboxylic acids is 1. The monoisotopic (exact) mass is 380 g/mol. The maximum Gasteiger partial charge on any atom is 0.241 e. The minimum Gasteiger partial charge on any atom is -0.311 e. The average molecular weight is 381 g/mol. The van der Waals surface area contributed by atoms with Crippen LogP contribution in [0.25, 0.3) is 0 Å². The maximum absolute atomic E-state index is 13.1. The van der Waals surface area contributed by atoms with Crippen molar-refractivity contribution in [1.82, 2.24) is 4.90 Å². The van der Waals surface area contributed by atoms with Gasteiger partial charge < -0.3 is 4.90 Å². The molecule has 0 saturated heterocycles. The summed E-state index contributed by atoms with van der Waals surface area (Å²) < 4.78 is 0. The molecule has 1 unspecified atom stereocenters. The van der Waals surface area contributed by atoms with Gasteiger partial charge in [-0.15, -0.1) is 22.7 Å². The van der Waals surface area contributed by atoms with Crippen molar-refractivity contribution in [2.24, 2.45) is 0 Å². The largest absolute Gasteiger partial charge is 0.311 e. The Bertz CT molecular complexity index is 931. The molecule has 132 valence electrons. The number of benzene rings is 1. The lowest BCUT2D eigenvalue weighted by molar-refractivity contribution is -0.120. The molecule has 1 amide bonds. The zero-order valence-electron chi connectivity index (χ0n) is 14.4. The van der Waals surface area contributed by atoms with Crippen molar-refractivity contribution in [3.8, 4) is 0 Å². The highest BCUT2D eigenvalue weighted by atomic mass is 32.1. The molecule has 3 aromatic rings. The topological polar surface area (TPSA) is 23.6 Å². The number of thiophene rings is 2. The van der Waals surface area contributed by atoms with E-state index >= 15 is 0 Å². The van der Waals surface area contributed by atoms with Gasteiger partial charge in [0.15, 0.2) is 0 Å². The number of nitrogens with zero attached hydrogens (tertiary/aromatic N) is 2. The van der Waals surface area contributed by atoms with Crippen LogP contribution in [0.3, 0.4) is 0 Å². The van der Waals surface area contributed by atoms with E-state index in [2.05, 4.69) is 52.1 Å². The van der Waals surface area contributed by atoms with Crippen LogP contribution in [0.2, 0.25) is 0 Å². The van der Waals surface area contributed by atoms with Crippen molar-refractivity contribution < 1.29 is 4.79 Å². The summed E-state index contributed by atoms with van der Waals surface area (Å²) in [5, 5.41) is 4.32. The Labute approximate surface area is 161 Å². The number of para-hydroxylation sites is 1. The normalized spacial score (nSPS) is 19.4. The van der Waals surface area contributed by atoms with Crippen molar-refractivity contribution in [2.45, 2.75) is 18.9 Å². The molecule has 2 aliphatic heterocycles. The standard InChI is InChI=1S/C21H20N2OS2/c24-20(23-11-7-15-4-1-2-5-17(15)23)14-22-10-8-18-16(9-13-26-18)21(22)19-6-3-12-25-19/h1-6,9,12-13,21H,7-8,10-11,14H2. The Morgan fingerprint density at radius 1 is 1.00 bits per heavy atom. The number of carbonyl (C=O) groups is 1. The van der Waals surface area contributed by atoms with Crippen LogP contribution in [0.4, 0.5) is 5.69 Å². The summed E-state index contributed by atoms with van der Waals surface area (Å²) in [4.78, 5) is 20.3. The molecule has 1 atom stereocenters. The van der Waals surface area contributed by atoms with Gasteiger partial charge in [0.05, 0.1) is 12.6 Å². The molecule has 2 aromatic heterocycles. The number of rotatable bonds is 3. The second-order valence-corrected chi connectivity index (χ2v) is 8.84. The fourth-order valence-corrected chi connectivity index (χ4v) is 5.96. The molecule has 0 radical (unpaired) electrons. The molecule has 2 aliphatic rings. The van der Waals surface area contributed by atoms with Crippen LogP contribution in [0.5, 0.6) is 0 Å². The zero-order chi connectivity index (χ0) is 17.5. The van der Waals surface area contributed by atoms with Gasteiger partial charge in [0.25, 0.3) is 0 Å². The summed E-state index contributed by atoms with van der Waals surface area (Å²) in [7, 11) is 0. The number of fused-ring (bicyclic) bond motifs is 2. The van der Waals surface area contributed by atoms with E-state index in [1.54, 1.807) is 11.3 Å². The van der Waals surface area contributed by atoms with Crippen LogP contribution in [-0.4, -0.2) is 30.4 Å². The third-order valence-corrected chi connectivity index (χ3v) is 7.33. The van der Waals surface area contributed by atoms with Gasteiger partial charge in [0, 0.05) is 28.5 Å². The summed E-state index contributed by atoms with van der Waals surface area (Å²) >= 11 is 3.63. The summed E-state index contributed by atoms with van der Waals surface area (Å²) in [5.41, 5.74) is 3.77. The first-order chi connectivity index (χ1) is 12.8. The first-order valence-electron chi connectivity index (χ1n) is 9.03. The van der Waals surface area contributed by atoms with Gasteiger partial charge in [-0.1, -0.05) is 24.3 Å². The minimum absolute atomic E-state index is 0.215. The van der Waals surface area contributed by atoms with Gasteiger partial charge in [-0.2, -0.15) is 0 Å². The van der Waals surface area contributed by atoms with E-state index in [4.69, 9.17) is 0 Å². The van der Waals surface area contributed by atoms with Crippen molar-refractivity contribution in [1.29, 1.82) is 0 Å². The Kier molecular flexibility index (Phi) is 4.15. The van der Waals surface area contributed by atoms with E-state index < -0.39 is 0 Å². The third kappa shape index (κ3) is 2.71. The van der Waals surface area contributed by atoms with Crippen molar-refractivity contribution in [2.75, 3.05) is 24.5 Å². The van der Waals surface area contributed by atoms with Crippen LogP contribution < -0.4 is 4.90 Å². The van der Waals surface area contributed by atoms with Gasteiger partial charge in [-0.25, -0.2) is 0 Å². The van der Waals surface area contributed by atoms with Crippen LogP contribution in [-0.2, 0) is 17.6 Å². The second-order valence-electron chi connectivity index (χ2n) is 6.86. The van der Waals surface area contributed by atoms with E-state index in [1.165, 1.54) is 20.9 Å². The van der Waals surface area contributed by atoms with Crippen molar-refractivity contribution in [3.63, 3.8) is 0 Å². The van der Waals surface area contributed by atoms with Gasteiger partial charge in [0.2, 0.25) is 5.91 Å². The summed E-state index contributed by atoms with van der Waals surface area (Å²) in [5.74, 6) is 0.218. The van der Waals surface area contributed by atoms with Gasteiger partial charge >= 0.3 is 0 Å². The molecule has 3 nitrogen and oxygen atoms in total. The van der Waals surface area contributed by atoms with Gasteiger partial charge in [0.1, 0.15) is 0 Å². The predicted molar refractivity (Wildman–Crippen MR) is 108 cm³/mol. The highest BCUT2D eigenvalue weighted by Gasteiger charge is 2.33. The number of hydrogen-bond donors (Lipinski definition) is 0. The fourth-order valence-electron chi connectivity index (χ4n) is 4.18. The maximum atomic E-state index is 13.1. The molecule has 5 rings (SSSR count). The molecule has 0 aliphatic carbocycles. The van der Waals surface area contributed by atoms with E-state index in [0.717, 1.165) is 31.6 Å². The lowest BCUT2D eigenvalue weighted by atomic mass is 9.98. The van der Waals surface area contributed by atoms with Crippen LogP contribution in [0, 0.1) is 0 Å². The summed E-state index contributed by atoms with van der Waals surface area (Å²) in [6.45, 7) is 2.23. The van der Waals surface area contributed by atoms with Crippen LogP contribution >= 0.6 is 22.7 Å². The first-order valence-corrected chi connectivity index (χ1v) is 10.8. The average Bonchev–Trinajstić information content (AvgIpc) is 3.41. The summed E-state index contributed by atoms with van der Waals surface area (Å²) in [6, 6.07) is 15.1. The molecule has 0 N–H and O–H groups in total. The minimum atomic E-state index is 0.215. The molecule has 4 heterocycles. The lowest BCUT2D eigenvalue weighted by Crippen LogP contribution is -2.43. The van der Waals surface area contributed by atoms with Crippen LogP contribution in [0.15, 0.2) is 53.2 Å². The van der Waals surface area contributed by atoms with Gasteiger partial charge in [-0.05, 0) is 52.9 Å². The Hall–Kier alpha value is -1.95. The molecular weight excluding hydrogens is 360 g/mol. The molecule has 1 aromatic carbocycles. The molecule has 0 saturated carbocycles. The zero-order valence-corrected chi connectivity index (χ0v) is 16.1. The molecule has 0 fully saturated rings. The number of hydrogen-bond acceptors (Lipinski definition) is 4. The fraction of sp³-hybridized carbons (Fsp3) is 0.286. The third-order valence-electron chi connectivity index (χ3n) is 5.40. The molecule has 5 heteroatoms. The number of anilines is 1. The van der Waals surface area contributed by atoms with E-state index in [-0.39, 0.29) is 11.9 Å². The van der Waals surface area contributed by atoms with E-state index in [1.807, 2.05) is 22.3 Å². The van der Waals surface area contributed by atoms with Crippen molar-refractivity contribution in [3.05, 3.63) is 74.1 Å². The van der Waals surface area contributed by atoms with Gasteiger partial charge in [-0.3, -0.25) is 9.69 Å². The Balaban J connectivity index is 1.42. The predicted octanol–water partition coefficient (Wildman–Crippen LogP) is 4.35. The summed E-state index contributed by atoms with van der Waals surface area (Å²) in [6.07, 6.45) is 2.00. The molecule has 26 heavy (non-hydrogen) atoms. The molecular formula is C21H20N2OS2. The highest BCUT2D eigenvalue weighted by molar-refractivity contribution is 7.10. The van der Waals surface area contributed by atoms with E-state index in [0.29, 0.717) is 6.54 Å². The quantitative estimate of drug-likeness (QED) is 0.675. The number of amides is 1. The molecule has 0 spiro atoms. The molecule has 0 bridgehead atoms. The Morgan fingerprint density at radius 2 is 1.92 bits per heavy atom. The van der Waals surface area contributed by atoms with Crippen LogP contribution in [0.1, 0.15) is 26.9 Å². The van der Waals surface area contributed by atoms with E-state index in [9.17, 15) is 4.79 Å². The van der Waals surface area contributed by atoms with Crippen molar-refractivity contribution >= 4 is 34.3 Å². The first kappa shape index (κ1) is 16.2. The second kappa shape index (κ2) is 6.65. The SMILES string of the molecule is O=C(CN1CCc2sccc2C1c1cccs1)N1CCc2ccccc21. The lowest BCUT2D eigenvalue weighted by Gasteiger charge is -2.35. The smallest absolute Gasteiger partial charge is 0.241 e. The Morgan fingerprint density at radius 3 is 2.81 bits per heavy atom.